The summed E-state index contributed by atoms with van der Waals surface area (Å²) in [7, 11) is 1.81. The summed E-state index contributed by atoms with van der Waals surface area (Å²) in [6, 6.07) is 5.48. The number of rotatable bonds is 3. The van der Waals surface area contributed by atoms with Crippen molar-refractivity contribution < 1.29 is 4.79 Å². The monoisotopic (exact) mass is 290 g/mol. The van der Waals surface area contributed by atoms with Gasteiger partial charge in [0.15, 0.2) is 0 Å². The topological polar surface area (TPSA) is 59.8 Å². The van der Waals surface area contributed by atoms with Crippen molar-refractivity contribution in [1.29, 1.82) is 0 Å². The first-order valence-electron chi connectivity index (χ1n) is 6.45. The highest BCUT2D eigenvalue weighted by Crippen LogP contribution is 2.49. The number of hydrogen-bond donors (Lipinski definition) is 1. The molecule has 1 amide bonds. The Morgan fingerprint density at radius 2 is 2.20 bits per heavy atom. The first kappa shape index (κ1) is 13.1. The highest BCUT2D eigenvalue weighted by molar-refractivity contribution is 6.29. The third-order valence-corrected chi connectivity index (χ3v) is 3.91. The first-order valence-corrected chi connectivity index (χ1v) is 6.83. The summed E-state index contributed by atoms with van der Waals surface area (Å²) in [5.74, 6) is 0.696. The van der Waals surface area contributed by atoms with Crippen molar-refractivity contribution in [2.45, 2.75) is 25.2 Å². The molecule has 1 aliphatic rings. The minimum absolute atomic E-state index is 0.0113. The molecule has 2 heterocycles. The summed E-state index contributed by atoms with van der Waals surface area (Å²) in [5.41, 5.74) is 1.33. The summed E-state index contributed by atoms with van der Waals surface area (Å²) in [4.78, 5) is 16.5. The quantitative estimate of drug-likeness (QED) is 0.883. The lowest BCUT2D eigenvalue weighted by Gasteiger charge is -2.15. The summed E-state index contributed by atoms with van der Waals surface area (Å²) in [6.45, 7) is 1.89. The first-order chi connectivity index (χ1) is 9.51. The summed E-state index contributed by atoms with van der Waals surface area (Å²) in [6.07, 6.45) is 3.30. The molecule has 2 aromatic heterocycles. The molecule has 104 valence electrons. The number of nitrogens with zero attached hydrogens (tertiary/aromatic N) is 3. The molecule has 0 aromatic carbocycles. The molecule has 20 heavy (non-hydrogen) atoms. The lowest BCUT2D eigenvalue weighted by Crippen LogP contribution is -2.28. The van der Waals surface area contributed by atoms with E-state index in [1.807, 2.05) is 26.1 Å². The van der Waals surface area contributed by atoms with Crippen molar-refractivity contribution >= 4 is 23.3 Å². The van der Waals surface area contributed by atoms with Crippen molar-refractivity contribution in [2.24, 2.45) is 7.05 Å². The second kappa shape index (κ2) is 4.59. The van der Waals surface area contributed by atoms with Gasteiger partial charge in [-0.15, -0.1) is 0 Å². The lowest BCUT2D eigenvalue weighted by molar-refractivity contribution is -0.118. The van der Waals surface area contributed by atoms with Crippen LogP contribution in [-0.2, 0) is 17.3 Å². The Hall–Kier alpha value is -1.88. The Morgan fingerprint density at radius 3 is 2.75 bits per heavy atom. The van der Waals surface area contributed by atoms with E-state index in [9.17, 15) is 4.79 Å². The Bertz CT molecular complexity index is 676. The molecular formula is C14H15ClN4O. The average molecular weight is 291 g/mol. The van der Waals surface area contributed by atoms with Crippen molar-refractivity contribution in [2.75, 3.05) is 5.32 Å². The van der Waals surface area contributed by atoms with Crippen molar-refractivity contribution in [3.63, 3.8) is 0 Å². The zero-order valence-corrected chi connectivity index (χ0v) is 12.1. The Kier molecular flexibility index (Phi) is 3.01. The number of anilines is 1. The Labute approximate surface area is 122 Å². The number of hydrogen-bond acceptors (Lipinski definition) is 3. The van der Waals surface area contributed by atoms with Crippen LogP contribution in [0, 0.1) is 6.92 Å². The number of aryl methyl sites for hydroxylation is 2. The van der Waals surface area contributed by atoms with Crippen LogP contribution in [0.1, 0.15) is 24.1 Å². The van der Waals surface area contributed by atoms with E-state index in [1.165, 1.54) is 0 Å². The molecule has 1 N–H and O–H groups in total. The van der Waals surface area contributed by atoms with E-state index in [1.54, 1.807) is 16.9 Å². The fraction of sp³-hybridized carbons (Fsp3) is 0.357. The molecule has 0 saturated heterocycles. The van der Waals surface area contributed by atoms with Crippen LogP contribution in [0.3, 0.4) is 0 Å². The minimum atomic E-state index is -0.468. The largest absolute Gasteiger partial charge is 0.310 e. The summed E-state index contributed by atoms with van der Waals surface area (Å²) in [5, 5.41) is 7.59. The SMILES string of the molecule is Cc1cc(NC(=O)C2(c3ccnc(Cl)c3)CC2)n(C)n1. The van der Waals surface area contributed by atoms with Gasteiger partial charge in [-0.25, -0.2) is 4.98 Å². The van der Waals surface area contributed by atoms with Gasteiger partial charge in [-0.3, -0.25) is 9.48 Å². The van der Waals surface area contributed by atoms with Crippen LogP contribution in [0.15, 0.2) is 24.4 Å². The van der Waals surface area contributed by atoms with Crippen LogP contribution < -0.4 is 5.32 Å². The molecule has 1 aliphatic carbocycles. The molecule has 3 rings (SSSR count). The van der Waals surface area contributed by atoms with E-state index in [0.717, 1.165) is 24.1 Å². The zero-order chi connectivity index (χ0) is 14.3. The smallest absolute Gasteiger partial charge is 0.236 e. The average Bonchev–Trinajstić information content (AvgIpc) is 3.13. The van der Waals surface area contributed by atoms with Crippen molar-refractivity contribution in [3.8, 4) is 0 Å². The fourth-order valence-corrected chi connectivity index (χ4v) is 2.61. The highest BCUT2D eigenvalue weighted by Gasteiger charge is 2.51. The number of aromatic nitrogens is 3. The molecule has 0 bridgehead atoms. The van der Waals surface area contributed by atoms with Gasteiger partial charge in [-0.1, -0.05) is 11.6 Å². The van der Waals surface area contributed by atoms with Gasteiger partial charge in [0.1, 0.15) is 11.0 Å². The van der Waals surface area contributed by atoms with Gasteiger partial charge in [0.05, 0.1) is 11.1 Å². The van der Waals surface area contributed by atoms with Crippen LogP contribution in [0.4, 0.5) is 5.82 Å². The van der Waals surface area contributed by atoms with Gasteiger partial charge in [0, 0.05) is 19.3 Å². The molecule has 5 nitrogen and oxygen atoms in total. The van der Waals surface area contributed by atoms with Gasteiger partial charge in [0.25, 0.3) is 0 Å². The van der Waals surface area contributed by atoms with E-state index in [4.69, 9.17) is 11.6 Å². The number of pyridine rings is 1. The van der Waals surface area contributed by atoms with E-state index in [0.29, 0.717) is 11.0 Å². The number of nitrogens with one attached hydrogen (secondary N) is 1. The molecular weight excluding hydrogens is 276 g/mol. The summed E-state index contributed by atoms with van der Waals surface area (Å²) >= 11 is 5.92. The fourth-order valence-electron chi connectivity index (χ4n) is 2.44. The molecule has 6 heteroatoms. The second-order valence-corrected chi connectivity index (χ2v) is 5.59. The normalized spacial score (nSPS) is 15.9. The predicted octanol–water partition coefficient (Wildman–Crippen LogP) is 2.45. The third kappa shape index (κ3) is 2.18. The predicted molar refractivity (Wildman–Crippen MR) is 76.7 cm³/mol. The zero-order valence-electron chi connectivity index (χ0n) is 11.4. The summed E-state index contributed by atoms with van der Waals surface area (Å²) < 4.78 is 1.67. The van der Waals surface area contributed by atoms with Crippen molar-refractivity contribution in [1.82, 2.24) is 14.8 Å². The maximum Gasteiger partial charge on any atom is 0.236 e. The molecule has 0 spiro atoms. The third-order valence-electron chi connectivity index (χ3n) is 3.71. The second-order valence-electron chi connectivity index (χ2n) is 5.20. The molecule has 1 saturated carbocycles. The molecule has 0 aliphatic heterocycles. The highest BCUT2D eigenvalue weighted by atomic mass is 35.5. The van der Waals surface area contributed by atoms with Crippen LogP contribution in [0.5, 0.6) is 0 Å². The number of amides is 1. The van der Waals surface area contributed by atoms with Gasteiger partial charge >= 0.3 is 0 Å². The number of carbonyl (C=O) groups excluding carboxylic acids is 1. The van der Waals surface area contributed by atoms with Gasteiger partial charge < -0.3 is 5.32 Å². The maximum absolute atomic E-state index is 12.6. The minimum Gasteiger partial charge on any atom is -0.310 e. The molecule has 2 aromatic rings. The molecule has 0 unspecified atom stereocenters. The van der Waals surface area contributed by atoms with Gasteiger partial charge in [0.2, 0.25) is 5.91 Å². The van der Waals surface area contributed by atoms with Gasteiger partial charge in [-0.2, -0.15) is 5.10 Å². The number of halogens is 1. The van der Waals surface area contributed by atoms with Crippen molar-refractivity contribution in [3.05, 3.63) is 40.8 Å². The molecule has 0 atom stereocenters. The van der Waals surface area contributed by atoms with Crippen LogP contribution in [0.25, 0.3) is 0 Å². The molecule has 1 fully saturated rings. The van der Waals surface area contributed by atoms with Crippen LogP contribution in [-0.4, -0.2) is 20.7 Å². The maximum atomic E-state index is 12.6. The van der Waals surface area contributed by atoms with Crippen LogP contribution >= 0.6 is 11.6 Å². The standard InChI is InChI=1S/C14H15ClN4O/c1-9-7-12(19(2)18-9)17-13(20)14(4-5-14)10-3-6-16-11(15)8-10/h3,6-8H,4-5H2,1-2H3,(H,17,20). The van der Waals surface area contributed by atoms with E-state index in [-0.39, 0.29) is 5.91 Å². The Balaban J connectivity index is 1.85. The van der Waals surface area contributed by atoms with E-state index < -0.39 is 5.41 Å². The number of carbonyl (C=O) groups is 1. The Morgan fingerprint density at radius 1 is 1.45 bits per heavy atom. The van der Waals surface area contributed by atoms with E-state index >= 15 is 0 Å². The van der Waals surface area contributed by atoms with E-state index in [2.05, 4.69) is 15.4 Å². The molecule has 0 radical (unpaired) electrons. The lowest BCUT2D eigenvalue weighted by atomic mass is 9.96. The van der Waals surface area contributed by atoms with Crippen LogP contribution in [0.2, 0.25) is 5.15 Å². The van der Waals surface area contributed by atoms with Gasteiger partial charge in [-0.05, 0) is 37.5 Å².